The molecule has 0 radical (unpaired) electrons. The molecule has 0 spiro atoms. The quantitative estimate of drug-likeness (QED) is 0.823. The number of aryl methyl sites for hydroxylation is 2. The lowest BCUT2D eigenvalue weighted by atomic mass is 9.82. The Morgan fingerprint density at radius 3 is 2.88 bits per heavy atom. The predicted molar refractivity (Wildman–Crippen MR) is 73.4 cm³/mol. The van der Waals surface area contributed by atoms with Crippen molar-refractivity contribution in [3.8, 4) is 0 Å². The van der Waals surface area contributed by atoms with Crippen molar-refractivity contribution in [1.29, 1.82) is 0 Å². The summed E-state index contributed by atoms with van der Waals surface area (Å²) < 4.78 is 0. The third kappa shape index (κ3) is 1.57. The maximum absolute atomic E-state index is 3.44. The highest BCUT2D eigenvalue weighted by atomic mass is 14.9. The third-order valence-corrected chi connectivity index (χ3v) is 4.07. The van der Waals surface area contributed by atoms with Gasteiger partial charge in [-0.1, -0.05) is 37.3 Å². The Bertz CT molecular complexity index is 557. The highest BCUT2D eigenvalue weighted by Crippen LogP contribution is 2.36. The first-order valence-corrected chi connectivity index (χ1v) is 6.55. The monoisotopic (exact) mass is 225 g/mol. The maximum atomic E-state index is 3.44. The van der Waals surface area contributed by atoms with Crippen molar-refractivity contribution in [3.63, 3.8) is 0 Å². The molecule has 2 aromatic rings. The summed E-state index contributed by atoms with van der Waals surface area (Å²) >= 11 is 0. The van der Waals surface area contributed by atoms with Crippen LogP contribution in [0.25, 0.3) is 10.8 Å². The first-order chi connectivity index (χ1) is 8.35. The molecular weight excluding hydrogens is 206 g/mol. The van der Waals surface area contributed by atoms with Crippen LogP contribution < -0.4 is 5.32 Å². The average molecular weight is 225 g/mol. The third-order valence-electron chi connectivity index (χ3n) is 4.07. The van der Waals surface area contributed by atoms with Crippen molar-refractivity contribution in [2.75, 3.05) is 7.05 Å². The Hall–Kier alpha value is -1.34. The van der Waals surface area contributed by atoms with Gasteiger partial charge in [0.2, 0.25) is 0 Å². The zero-order valence-corrected chi connectivity index (χ0v) is 10.6. The molecule has 1 nitrogen and oxygen atoms in total. The van der Waals surface area contributed by atoms with Crippen molar-refractivity contribution in [2.45, 2.75) is 32.2 Å². The van der Waals surface area contributed by atoms with Gasteiger partial charge in [0.15, 0.2) is 0 Å². The predicted octanol–water partition coefficient (Wildman–Crippen LogP) is 3.61. The largest absolute Gasteiger partial charge is 0.313 e. The Balaban J connectivity index is 2.35. The fourth-order valence-corrected chi connectivity index (χ4v) is 3.18. The lowest BCUT2D eigenvalue weighted by Crippen LogP contribution is -2.21. The minimum absolute atomic E-state index is 0.526. The summed E-state index contributed by atoms with van der Waals surface area (Å²) in [5, 5.41) is 6.35. The molecule has 0 saturated heterocycles. The summed E-state index contributed by atoms with van der Waals surface area (Å²) in [4.78, 5) is 0. The van der Waals surface area contributed by atoms with E-state index in [-0.39, 0.29) is 0 Å². The molecule has 0 heterocycles. The lowest BCUT2D eigenvalue weighted by Gasteiger charge is -2.27. The van der Waals surface area contributed by atoms with Gasteiger partial charge in [-0.15, -0.1) is 0 Å². The number of nitrogens with one attached hydrogen (secondary N) is 1. The number of rotatable bonds is 2. The molecule has 3 rings (SSSR count). The van der Waals surface area contributed by atoms with Crippen LogP contribution in [0.15, 0.2) is 30.3 Å². The summed E-state index contributed by atoms with van der Waals surface area (Å²) in [6.45, 7) is 2.25. The Morgan fingerprint density at radius 1 is 1.24 bits per heavy atom. The molecule has 0 bridgehead atoms. The molecule has 1 heteroatoms. The van der Waals surface area contributed by atoms with Gasteiger partial charge >= 0.3 is 0 Å². The van der Waals surface area contributed by atoms with Crippen LogP contribution in [0.5, 0.6) is 0 Å². The fraction of sp³-hybridized carbons (Fsp3) is 0.375. The molecular formula is C16H19N. The van der Waals surface area contributed by atoms with Gasteiger partial charge in [-0.3, -0.25) is 0 Å². The first kappa shape index (κ1) is 10.8. The summed E-state index contributed by atoms with van der Waals surface area (Å²) in [5.41, 5.74) is 4.60. The fourth-order valence-electron chi connectivity index (χ4n) is 3.18. The van der Waals surface area contributed by atoms with Gasteiger partial charge < -0.3 is 5.32 Å². The Kier molecular flexibility index (Phi) is 2.64. The molecule has 1 aliphatic rings. The second kappa shape index (κ2) is 4.15. The SMILES string of the molecule is CCc1ccc2cccc3c2c1CCC3NC. The van der Waals surface area contributed by atoms with Crippen LogP contribution in [0.3, 0.4) is 0 Å². The van der Waals surface area contributed by atoms with Gasteiger partial charge in [0, 0.05) is 6.04 Å². The molecule has 2 aromatic carbocycles. The smallest absolute Gasteiger partial charge is 0.0326 e. The molecule has 0 fully saturated rings. The molecule has 0 aromatic heterocycles. The summed E-state index contributed by atoms with van der Waals surface area (Å²) in [5.74, 6) is 0. The van der Waals surface area contributed by atoms with E-state index in [1.807, 2.05) is 0 Å². The van der Waals surface area contributed by atoms with Gasteiger partial charge in [0.25, 0.3) is 0 Å². The summed E-state index contributed by atoms with van der Waals surface area (Å²) in [6, 6.07) is 11.8. The minimum atomic E-state index is 0.526. The second-order valence-electron chi connectivity index (χ2n) is 4.88. The van der Waals surface area contributed by atoms with Crippen molar-refractivity contribution >= 4 is 10.8 Å². The minimum Gasteiger partial charge on any atom is -0.313 e. The van der Waals surface area contributed by atoms with E-state index in [1.165, 1.54) is 34.7 Å². The lowest BCUT2D eigenvalue weighted by molar-refractivity contribution is 0.542. The van der Waals surface area contributed by atoms with Crippen molar-refractivity contribution < 1.29 is 0 Å². The van der Waals surface area contributed by atoms with Gasteiger partial charge in [-0.25, -0.2) is 0 Å². The molecule has 0 saturated carbocycles. The van der Waals surface area contributed by atoms with Crippen molar-refractivity contribution in [3.05, 3.63) is 47.0 Å². The first-order valence-electron chi connectivity index (χ1n) is 6.55. The summed E-state index contributed by atoms with van der Waals surface area (Å²) in [6.07, 6.45) is 3.58. The van der Waals surface area contributed by atoms with E-state index < -0.39 is 0 Å². The van der Waals surface area contributed by atoms with Crippen LogP contribution in [-0.2, 0) is 12.8 Å². The molecule has 88 valence electrons. The average Bonchev–Trinajstić information content (AvgIpc) is 2.40. The van der Waals surface area contributed by atoms with E-state index in [9.17, 15) is 0 Å². The van der Waals surface area contributed by atoms with Crippen molar-refractivity contribution in [2.24, 2.45) is 0 Å². The van der Waals surface area contributed by atoms with E-state index in [0.717, 1.165) is 6.42 Å². The Morgan fingerprint density at radius 2 is 2.12 bits per heavy atom. The van der Waals surface area contributed by atoms with Gasteiger partial charge in [-0.2, -0.15) is 0 Å². The Labute approximate surface area is 103 Å². The van der Waals surface area contributed by atoms with Crippen LogP contribution in [0.2, 0.25) is 0 Å². The molecule has 1 aliphatic carbocycles. The normalized spacial score (nSPS) is 18.6. The van der Waals surface area contributed by atoms with Crippen LogP contribution in [0.1, 0.15) is 36.1 Å². The number of benzene rings is 2. The van der Waals surface area contributed by atoms with Gasteiger partial charge in [0.05, 0.1) is 0 Å². The van der Waals surface area contributed by atoms with Crippen LogP contribution >= 0.6 is 0 Å². The van der Waals surface area contributed by atoms with Crippen LogP contribution in [0.4, 0.5) is 0 Å². The topological polar surface area (TPSA) is 12.0 Å². The van der Waals surface area contributed by atoms with E-state index in [0.29, 0.717) is 6.04 Å². The van der Waals surface area contributed by atoms with Crippen molar-refractivity contribution in [1.82, 2.24) is 5.32 Å². The number of hydrogen-bond donors (Lipinski definition) is 1. The zero-order valence-electron chi connectivity index (χ0n) is 10.6. The molecule has 0 amide bonds. The highest BCUT2D eigenvalue weighted by molar-refractivity contribution is 5.91. The standard InChI is InChI=1S/C16H19N/c1-3-11-7-8-12-5-4-6-14-15(17-2)10-9-13(11)16(12)14/h4-8,15,17H,3,9-10H2,1-2H3. The second-order valence-corrected chi connectivity index (χ2v) is 4.88. The van der Waals surface area contributed by atoms with E-state index >= 15 is 0 Å². The molecule has 1 atom stereocenters. The summed E-state index contributed by atoms with van der Waals surface area (Å²) in [7, 11) is 2.07. The van der Waals surface area contributed by atoms with Gasteiger partial charge in [0.1, 0.15) is 0 Å². The van der Waals surface area contributed by atoms with E-state index in [1.54, 1.807) is 5.56 Å². The molecule has 1 N–H and O–H groups in total. The maximum Gasteiger partial charge on any atom is 0.0326 e. The van der Waals surface area contributed by atoms with Gasteiger partial charge in [-0.05, 0) is 53.8 Å². The van der Waals surface area contributed by atoms with E-state index in [4.69, 9.17) is 0 Å². The molecule has 1 unspecified atom stereocenters. The number of hydrogen-bond acceptors (Lipinski definition) is 1. The zero-order chi connectivity index (χ0) is 11.8. The van der Waals surface area contributed by atoms with Crippen LogP contribution in [-0.4, -0.2) is 7.05 Å². The molecule has 17 heavy (non-hydrogen) atoms. The molecule has 0 aliphatic heterocycles. The van der Waals surface area contributed by atoms with Crippen LogP contribution in [0, 0.1) is 0 Å². The highest BCUT2D eigenvalue weighted by Gasteiger charge is 2.21. The van der Waals surface area contributed by atoms with E-state index in [2.05, 4.69) is 49.6 Å².